The van der Waals surface area contributed by atoms with Crippen LogP contribution in [-0.4, -0.2) is 55.1 Å². The van der Waals surface area contributed by atoms with Crippen molar-refractivity contribution in [1.82, 2.24) is 28.9 Å². The summed E-state index contributed by atoms with van der Waals surface area (Å²) in [6.45, 7) is 5.94. The molecule has 2 aliphatic heterocycles. The van der Waals surface area contributed by atoms with Gasteiger partial charge in [0.25, 0.3) is 0 Å². The van der Waals surface area contributed by atoms with Gasteiger partial charge in [-0.15, -0.1) is 20.5 Å². The van der Waals surface area contributed by atoms with E-state index in [1.54, 1.807) is 6.07 Å². The van der Waals surface area contributed by atoms with E-state index in [1.165, 1.54) is 68.4 Å². The van der Waals surface area contributed by atoms with Gasteiger partial charge in [-0.25, -0.2) is 47.2 Å². The number of nitrogens with zero attached hydrogens (tertiary/aromatic N) is 7. The summed E-state index contributed by atoms with van der Waals surface area (Å²) in [5.41, 5.74) is 4.68. The van der Waals surface area contributed by atoms with Gasteiger partial charge < -0.3 is 14.6 Å². The Kier molecular flexibility index (Phi) is 17.1. The molecule has 2 aliphatic rings. The van der Waals surface area contributed by atoms with Gasteiger partial charge in [0.2, 0.25) is 0 Å². The van der Waals surface area contributed by atoms with E-state index in [4.69, 9.17) is 52.5 Å². The quantitative estimate of drug-likeness (QED) is 0.136. The number of rotatable bonds is 5. The summed E-state index contributed by atoms with van der Waals surface area (Å²) in [7, 11) is -5.55. The van der Waals surface area contributed by atoms with Crippen LogP contribution in [0.3, 0.4) is 0 Å². The van der Waals surface area contributed by atoms with E-state index in [1.807, 2.05) is 0 Å². The summed E-state index contributed by atoms with van der Waals surface area (Å²) in [6, 6.07) is 19.6. The average Bonchev–Trinajstić information content (AvgIpc) is 3.72. The van der Waals surface area contributed by atoms with Crippen LogP contribution in [0.5, 0.6) is 0 Å². The standard InChI is InChI=1S/C26H32N6.C2H3N.2ClHO4.Mn.H2O/c1-29-21-11-5-3-9-19(21)27-25(29)23-13-7-15-31(23)17-18-32-16-8-14-24(32)26-28-20-10-4-6-12-22(20)30(26)2;1-2-3;2*2-1(3,4)5;;/h3-6,9-12,23-24H,7-8,13-18H2,1-2H3;1H3;2*(H,2,3,4,5);;1H2/q;;;;+3;/p-1/t23-,24-;;;;;/m0...../s1. The Labute approximate surface area is 287 Å². The van der Waals surface area contributed by atoms with Crippen molar-refractivity contribution in [2.75, 3.05) is 26.2 Å². The van der Waals surface area contributed by atoms with E-state index in [-0.39, 0.29) is 22.5 Å². The van der Waals surface area contributed by atoms with Gasteiger partial charge in [-0.2, -0.15) is 5.26 Å². The first-order valence-corrected chi connectivity index (χ1v) is 16.4. The normalized spacial score (nSPS) is 18.1. The molecule has 6 rings (SSSR count). The summed E-state index contributed by atoms with van der Waals surface area (Å²) in [6.07, 6.45) is 4.90. The second-order valence-electron chi connectivity index (χ2n) is 10.4. The van der Waals surface area contributed by atoms with E-state index < -0.39 is 20.5 Å². The van der Waals surface area contributed by atoms with Crippen LogP contribution in [0.2, 0.25) is 0 Å². The van der Waals surface area contributed by atoms with Crippen LogP contribution < -0.4 is 37.3 Å². The third kappa shape index (κ3) is 12.8. The molecule has 2 atom stereocenters. The second-order valence-corrected chi connectivity index (χ2v) is 11.9. The molecule has 2 saturated heterocycles. The predicted molar refractivity (Wildman–Crippen MR) is 145 cm³/mol. The third-order valence-corrected chi connectivity index (χ3v) is 7.64. The molecule has 0 saturated carbocycles. The van der Waals surface area contributed by atoms with E-state index in [0.717, 1.165) is 24.1 Å². The smallest absolute Gasteiger partial charge is 0.457 e. The fourth-order valence-corrected chi connectivity index (χ4v) is 5.95. The number of likely N-dealkylation sites (tertiary alicyclic amines) is 2. The maximum atomic E-state index is 8.49. The van der Waals surface area contributed by atoms with Crippen molar-refractivity contribution in [3.63, 3.8) is 0 Å². The molecule has 0 amide bonds. The van der Waals surface area contributed by atoms with Crippen molar-refractivity contribution < 1.29 is 80.3 Å². The summed E-state index contributed by atoms with van der Waals surface area (Å²) < 4.78 is 72.5. The number of para-hydroxylation sites is 4. The zero-order chi connectivity index (χ0) is 33.4. The summed E-state index contributed by atoms with van der Waals surface area (Å²) in [4.78, 5) is 15.4. The molecule has 47 heavy (non-hydrogen) atoms. The summed E-state index contributed by atoms with van der Waals surface area (Å²) >= 11 is 0. The first kappa shape index (κ1) is 42.6. The Hall–Kier alpha value is -2.47. The molecule has 0 aliphatic carbocycles. The minimum Gasteiger partial charge on any atom is -0.457 e. The van der Waals surface area contributed by atoms with Crippen molar-refractivity contribution in [1.29, 1.82) is 5.26 Å². The van der Waals surface area contributed by atoms with E-state index in [2.05, 4.69) is 81.6 Å². The number of aryl methyl sites for hydroxylation is 2. The fraction of sp³-hybridized carbons (Fsp3) is 0.464. The molecule has 0 spiro atoms. The maximum absolute atomic E-state index is 8.49. The van der Waals surface area contributed by atoms with Gasteiger partial charge >= 0.3 is 17.1 Å². The van der Waals surface area contributed by atoms with Gasteiger partial charge in [-0.05, 0) is 63.0 Å². The number of imidazole rings is 2. The van der Waals surface area contributed by atoms with Crippen LogP contribution in [0, 0.1) is 31.8 Å². The van der Waals surface area contributed by atoms with Crippen molar-refractivity contribution in [2.45, 2.75) is 44.7 Å². The number of hydrogen-bond donors (Lipinski definition) is 0. The largest absolute Gasteiger partial charge is 3.00 e. The van der Waals surface area contributed by atoms with Gasteiger partial charge in [0, 0.05) is 34.1 Å². The Morgan fingerprint density at radius 2 is 1.00 bits per heavy atom. The van der Waals surface area contributed by atoms with Gasteiger partial charge in [-0.3, -0.25) is 9.80 Å². The third-order valence-electron chi connectivity index (χ3n) is 7.64. The topological polar surface area (TPSA) is 283 Å². The average molecular weight is 742 g/mol. The predicted octanol–water partition coefficient (Wildman–Crippen LogP) is -5.47. The van der Waals surface area contributed by atoms with Gasteiger partial charge in [0.15, 0.2) is 0 Å². The second kappa shape index (κ2) is 18.9. The van der Waals surface area contributed by atoms with E-state index >= 15 is 0 Å². The minimum atomic E-state index is -4.94. The monoisotopic (exact) mass is 741 g/mol. The van der Waals surface area contributed by atoms with Crippen LogP contribution in [0.1, 0.15) is 56.3 Å². The molecular formula is C28H38Cl2MnN7O9+2. The maximum Gasteiger partial charge on any atom is 3.00 e. The molecule has 258 valence electrons. The Bertz CT molecular complexity index is 1450. The molecule has 4 heterocycles. The molecule has 16 nitrogen and oxygen atoms in total. The molecular weight excluding hydrogens is 704 g/mol. The molecule has 2 fully saturated rings. The number of benzene rings is 2. The van der Waals surface area contributed by atoms with Crippen LogP contribution in [-0.2, 0) is 36.6 Å². The molecule has 2 aromatic carbocycles. The molecule has 19 heteroatoms. The van der Waals surface area contributed by atoms with Crippen molar-refractivity contribution in [3.05, 3.63) is 60.2 Å². The molecule has 2 aromatic heterocycles. The molecule has 3 N–H and O–H groups in total. The number of fused-ring (bicyclic) bond motifs is 2. The Balaban J connectivity index is 0.000000635. The van der Waals surface area contributed by atoms with Crippen LogP contribution >= 0.6 is 0 Å². The summed E-state index contributed by atoms with van der Waals surface area (Å²) in [5, 5.41) is 7.32. The number of aromatic nitrogens is 4. The Morgan fingerprint density at radius 1 is 0.702 bits per heavy atom. The Morgan fingerprint density at radius 3 is 1.30 bits per heavy atom. The van der Waals surface area contributed by atoms with E-state index in [0.29, 0.717) is 12.1 Å². The van der Waals surface area contributed by atoms with Gasteiger partial charge in [0.1, 0.15) is 11.6 Å². The van der Waals surface area contributed by atoms with Crippen LogP contribution in [0.25, 0.3) is 22.1 Å². The molecule has 0 unspecified atom stereocenters. The fourth-order valence-electron chi connectivity index (χ4n) is 5.95. The number of hydrogen-bond acceptors (Lipinski definition) is 13. The zero-order valence-corrected chi connectivity index (χ0v) is 28.7. The van der Waals surface area contributed by atoms with Crippen molar-refractivity contribution in [3.8, 4) is 6.07 Å². The van der Waals surface area contributed by atoms with Crippen molar-refractivity contribution in [2.24, 2.45) is 14.1 Å². The molecule has 4 aromatic rings. The van der Waals surface area contributed by atoms with Gasteiger partial charge in [0.05, 0.1) is 40.2 Å². The first-order valence-electron chi connectivity index (χ1n) is 14.0. The molecule has 0 radical (unpaired) electrons. The van der Waals surface area contributed by atoms with E-state index in [9.17, 15) is 0 Å². The zero-order valence-electron chi connectivity index (χ0n) is 26.0. The molecule has 0 bridgehead atoms. The number of halogens is 2. The van der Waals surface area contributed by atoms with Gasteiger partial charge in [-0.1, -0.05) is 24.3 Å². The SMILES string of the molecule is CC#N.Cn1c([C@@H]2CCCN2CCN2CCC[C@H]2c2nc3ccccc3n2C)nc2ccccc21.[Mn+3].[O-][Cl+3]([O-])([O-])[O-].[O-][Cl+3]([O-])([O-])[O-].[OH3+]. The minimum absolute atomic E-state index is 0. The van der Waals surface area contributed by atoms with Crippen molar-refractivity contribution >= 4 is 22.1 Å². The van der Waals surface area contributed by atoms with Crippen LogP contribution in [0.4, 0.5) is 0 Å². The first-order chi connectivity index (χ1) is 21.1. The summed E-state index contributed by atoms with van der Waals surface area (Å²) in [5.74, 6) is 2.44. The number of nitriles is 1. The van der Waals surface area contributed by atoms with Crippen LogP contribution in [0.15, 0.2) is 48.5 Å².